The highest BCUT2D eigenvalue weighted by molar-refractivity contribution is 7.89. The van der Waals surface area contributed by atoms with Crippen LogP contribution in [0.15, 0.2) is 47.4 Å². The van der Waals surface area contributed by atoms with Crippen LogP contribution in [0.25, 0.3) is 0 Å². The molecule has 0 amide bonds. The third kappa shape index (κ3) is 3.66. The third-order valence-electron chi connectivity index (χ3n) is 3.10. The molecule has 5 N–H and O–H groups in total. The van der Waals surface area contributed by atoms with Crippen molar-refractivity contribution in [3.05, 3.63) is 53.1 Å². The highest BCUT2D eigenvalue weighted by Crippen LogP contribution is 2.29. The number of sulfonamides is 1. The maximum atomic E-state index is 11.4. The lowest BCUT2D eigenvalue weighted by Crippen LogP contribution is -2.14. The van der Waals surface area contributed by atoms with E-state index in [1.165, 1.54) is 18.2 Å². The number of primary sulfonamides is 1. The predicted molar refractivity (Wildman–Crippen MR) is 85.7 cm³/mol. The third-order valence-corrected chi connectivity index (χ3v) is 4.35. The topological polar surface area (TPSA) is 98.2 Å². The molecule has 5 nitrogen and oxygen atoms in total. The Morgan fingerprint density at radius 2 is 1.86 bits per heavy atom. The van der Waals surface area contributed by atoms with E-state index in [4.69, 9.17) is 22.5 Å². The first-order chi connectivity index (χ1) is 9.79. The summed E-state index contributed by atoms with van der Waals surface area (Å²) >= 11 is 6.14. The van der Waals surface area contributed by atoms with Gasteiger partial charge in [-0.25, -0.2) is 13.6 Å². The Morgan fingerprint density at radius 3 is 2.48 bits per heavy atom. The number of hydrogen-bond acceptors (Lipinski definition) is 4. The van der Waals surface area contributed by atoms with E-state index in [-0.39, 0.29) is 10.9 Å². The second-order valence-corrected chi connectivity index (χ2v) is 6.65. The van der Waals surface area contributed by atoms with Crippen molar-refractivity contribution in [3.8, 4) is 0 Å². The van der Waals surface area contributed by atoms with Gasteiger partial charge in [0.1, 0.15) is 0 Å². The molecule has 0 aliphatic rings. The lowest BCUT2D eigenvalue weighted by molar-refractivity contribution is 0.598. The zero-order chi connectivity index (χ0) is 15.6. The first kappa shape index (κ1) is 15.6. The van der Waals surface area contributed by atoms with Crippen LogP contribution < -0.4 is 16.2 Å². The molecule has 0 fully saturated rings. The molecule has 0 saturated carbocycles. The van der Waals surface area contributed by atoms with Crippen LogP contribution in [0.1, 0.15) is 18.5 Å². The molecule has 2 aromatic rings. The van der Waals surface area contributed by atoms with Gasteiger partial charge in [-0.3, -0.25) is 0 Å². The Morgan fingerprint density at radius 1 is 1.19 bits per heavy atom. The van der Waals surface area contributed by atoms with Crippen LogP contribution in [-0.4, -0.2) is 8.42 Å². The van der Waals surface area contributed by atoms with Crippen molar-refractivity contribution in [2.45, 2.75) is 17.9 Å². The van der Waals surface area contributed by atoms with Gasteiger partial charge in [0.25, 0.3) is 0 Å². The molecular weight excluding hydrogens is 310 g/mol. The van der Waals surface area contributed by atoms with Crippen molar-refractivity contribution in [1.29, 1.82) is 0 Å². The van der Waals surface area contributed by atoms with Gasteiger partial charge in [0, 0.05) is 5.02 Å². The second kappa shape index (κ2) is 5.93. The molecule has 1 unspecified atom stereocenters. The van der Waals surface area contributed by atoms with E-state index in [9.17, 15) is 8.42 Å². The number of halogens is 1. The number of nitrogens with one attached hydrogen (secondary N) is 1. The van der Waals surface area contributed by atoms with E-state index >= 15 is 0 Å². The Balaban J connectivity index is 2.33. The maximum absolute atomic E-state index is 11.4. The monoisotopic (exact) mass is 325 g/mol. The Bertz CT molecular complexity index is 763. The molecule has 1 atom stereocenters. The minimum atomic E-state index is -3.77. The van der Waals surface area contributed by atoms with Crippen molar-refractivity contribution in [3.63, 3.8) is 0 Å². The summed E-state index contributed by atoms with van der Waals surface area (Å²) in [6.45, 7) is 1.91. The fourth-order valence-corrected chi connectivity index (χ4v) is 2.81. The van der Waals surface area contributed by atoms with Gasteiger partial charge in [0.05, 0.1) is 22.3 Å². The van der Waals surface area contributed by atoms with Crippen LogP contribution in [0.4, 0.5) is 11.4 Å². The molecule has 0 saturated heterocycles. The molecule has 112 valence electrons. The molecular formula is C14H16ClN3O2S. The van der Waals surface area contributed by atoms with Crippen LogP contribution in [0.2, 0.25) is 5.02 Å². The Kier molecular flexibility index (Phi) is 4.41. The van der Waals surface area contributed by atoms with E-state index in [2.05, 4.69) is 5.32 Å². The van der Waals surface area contributed by atoms with E-state index in [1.807, 2.05) is 25.1 Å². The van der Waals surface area contributed by atoms with Gasteiger partial charge in [-0.2, -0.15) is 0 Å². The average molecular weight is 326 g/mol. The Hall–Kier alpha value is -1.76. The second-order valence-electron chi connectivity index (χ2n) is 4.68. The van der Waals surface area contributed by atoms with E-state index in [0.717, 1.165) is 5.56 Å². The number of rotatable bonds is 4. The predicted octanol–water partition coefficient (Wildman–Crippen LogP) is 2.74. The molecule has 0 bridgehead atoms. The number of nitrogen functional groups attached to an aromatic ring is 1. The number of benzene rings is 2. The summed E-state index contributed by atoms with van der Waals surface area (Å²) in [6.07, 6.45) is 0. The highest BCUT2D eigenvalue weighted by atomic mass is 35.5. The standard InChI is InChI=1S/C14H16ClN3O2S/c1-9(11-4-2-3-5-12(11)15)18-14-8-10(21(17,19)20)6-7-13(14)16/h2-9,18H,16H2,1H3,(H2,17,19,20). The normalized spacial score (nSPS) is 12.9. The van der Waals surface area contributed by atoms with Gasteiger partial charge in [0.2, 0.25) is 10.0 Å². The van der Waals surface area contributed by atoms with Crippen molar-refractivity contribution in [2.75, 3.05) is 11.1 Å². The van der Waals surface area contributed by atoms with Crippen molar-refractivity contribution >= 4 is 33.0 Å². The van der Waals surface area contributed by atoms with Crippen LogP contribution in [0.3, 0.4) is 0 Å². The molecule has 0 aliphatic heterocycles. The van der Waals surface area contributed by atoms with Crippen molar-refractivity contribution < 1.29 is 8.42 Å². The fraction of sp³-hybridized carbons (Fsp3) is 0.143. The van der Waals surface area contributed by atoms with Crippen molar-refractivity contribution in [1.82, 2.24) is 0 Å². The molecule has 0 aromatic heterocycles. The number of anilines is 2. The smallest absolute Gasteiger partial charge is 0.238 e. The quantitative estimate of drug-likeness (QED) is 0.753. The minimum Gasteiger partial charge on any atom is -0.397 e. The number of hydrogen-bond donors (Lipinski definition) is 3. The van der Waals surface area contributed by atoms with E-state index in [0.29, 0.717) is 16.4 Å². The van der Waals surface area contributed by atoms with Crippen LogP contribution in [0, 0.1) is 0 Å². The van der Waals surface area contributed by atoms with Crippen molar-refractivity contribution in [2.24, 2.45) is 5.14 Å². The average Bonchev–Trinajstić information content (AvgIpc) is 2.40. The first-order valence-electron chi connectivity index (χ1n) is 6.22. The summed E-state index contributed by atoms with van der Waals surface area (Å²) in [5.74, 6) is 0. The minimum absolute atomic E-state index is 0.00515. The summed E-state index contributed by atoms with van der Waals surface area (Å²) in [6, 6.07) is 11.5. The Labute approximate surface area is 129 Å². The van der Waals surface area contributed by atoms with Gasteiger partial charge >= 0.3 is 0 Å². The summed E-state index contributed by atoms with van der Waals surface area (Å²) in [5, 5.41) is 8.90. The van der Waals surface area contributed by atoms with E-state index < -0.39 is 10.0 Å². The molecule has 0 aliphatic carbocycles. The van der Waals surface area contributed by atoms with Crippen LogP contribution in [0.5, 0.6) is 0 Å². The summed E-state index contributed by atoms with van der Waals surface area (Å²) in [4.78, 5) is 0.00515. The zero-order valence-corrected chi connectivity index (χ0v) is 12.9. The van der Waals surface area contributed by atoms with Crippen LogP contribution >= 0.6 is 11.6 Å². The van der Waals surface area contributed by atoms with Gasteiger partial charge in [-0.05, 0) is 36.8 Å². The largest absolute Gasteiger partial charge is 0.397 e. The summed E-state index contributed by atoms with van der Waals surface area (Å²) < 4.78 is 22.8. The lowest BCUT2D eigenvalue weighted by atomic mass is 10.1. The number of nitrogens with two attached hydrogens (primary N) is 2. The van der Waals surface area contributed by atoms with Gasteiger partial charge in [-0.1, -0.05) is 29.8 Å². The summed E-state index contributed by atoms with van der Waals surface area (Å²) in [7, 11) is -3.77. The molecule has 2 rings (SSSR count). The van der Waals surface area contributed by atoms with Gasteiger partial charge in [0.15, 0.2) is 0 Å². The summed E-state index contributed by atoms with van der Waals surface area (Å²) in [5.41, 5.74) is 7.68. The van der Waals surface area contributed by atoms with Gasteiger partial charge < -0.3 is 11.1 Å². The molecule has 7 heteroatoms. The molecule has 0 radical (unpaired) electrons. The molecule has 0 heterocycles. The molecule has 0 spiro atoms. The SMILES string of the molecule is CC(Nc1cc(S(N)(=O)=O)ccc1N)c1ccccc1Cl. The highest BCUT2D eigenvalue weighted by Gasteiger charge is 2.14. The van der Waals surface area contributed by atoms with E-state index in [1.54, 1.807) is 6.07 Å². The van der Waals surface area contributed by atoms with Crippen LogP contribution in [-0.2, 0) is 10.0 Å². The lowest BCUT2D eigenvalue weighted by Gasteiger charge is -2.18. The molecule has 21 heavy (non-hydrogen) atoms. The first-order valence-corrected chi connectivity index (χ1v) is 8.15. The molecule has 2 aromatic carbocycles. The maximum Gasteiger partial charge on any atom is 0.238 e. The zero-order valence-electron chi connectivity index (χ0n) is 11.4. The fourth-order valence-electron chi connectivity index (χ4n) is 1.97. The van der Waals surface area contributed by atoms with Gasteiger partial charge in [-0.15, -0.1) is 0 Å².